The van der Waals surface area contributed by atoms with Gasteiger partial charge in [0.05, 0.1) is 18.2 Å². The topological polar surface area (TPSA) is 72.3 Å². The van der Waals surface area contributed by atoms with E-state index in [9.17, 15) is 13.2 Å². The zero-order valence-corrected chi connectivity index (χ0v) is 12.8. The van der Waals surface area contributed by atoms with Crippen LogP contribution in [-0.4, -0.2) is 28.4 Å². The van der Waals surface area contributed by atoms with Gasteiger partial charge in [0.15, 0.2) is 0 Å². The van der Waals surface area contributed by atoms with Crippen molar-refractivity contribution in [3.63, 3.8) is 0 Å². The Morgan fingerprint density at radius 2 is 2.00 bits per heavy atom. The molecule has 1 fully saturated rings. The molecule has 1 unspecified atom stereocenters. The number of β-lactam (4-membered cyclic amide) rings is 1. The third-order valence-electron chi connectivity index (χ3n) is 3.06. The zero-order chi connectivity index (χ0) is 14.6. The van der Waals surface area contributed by atoms with Crippen molar-refractivity contribution in [2.24, 2.45) is 7.05 Å². The summed E-state index contributed by atoms with van der Waals surface area (Å²) in [5.41, 5.74) is 1.27. The fraction of sp³-hybridized carbons (Fsp3) is 0.636. The van der Waals surface area contributed by atoms with Gasteiger partial charge in [0.25, 0.3) is 0 Å². The first-order chi connectivity index (χ1) is 8.51. The summed E-state index contributed by atoms with van der Waals surface area (Å²) in [4.78, 5) is 11.5. The Labute approximate surface area is 116 Å². The van der Waals surface area contributed by atoms with Crippen LogP contribution in [0.1, 0.15) is 44.5 Å². The number of aryl methyl sites for hydroxylation is 1. The fourth-order valence-corrected chi connectivity index (χ4v) is 3.57. The zero-order valence-electron chi connectivity index (χ0n) is 11.2. The van der Waals surface area contributed by atoms with Crippen molar-refractivity contribution in [2.45, 2.75) is 38.6 Å². The predicted molar refractivity (Wildman–Crippen MR) is 70.9 cm³/mol. The van der Waals surface area contributed by atoms with E-state index in [0.717, 1.165) is 15.6 Å². The van der Waals surface area contributed by atoms with Gasteiger partial charge in [0.1, 0.15) is 0 Å². The molecule has 0 spiro atoms. The maximum Gasteiger partial charge on any atom is 0.324 e. The monoisotopic (exact) mass is 305 g/mol. The highest BCUT2D eigenvalue weighted by molar-refractivity contribution is 8.12. The molecule has 2 heterocycles. The summed E-state index contributed by atoms with van der Waals surface area (Å²) in [6, 6.07) is -0.544. The fourth-order valence-electron chi connectivity index (χ4n) is 2.24. The van der Waals surface area contributed by atoms with Crippen LogP contribution in [0.15, 0.2) is 6.20 Å². The van der Waals surface area contributed by atoms with Crippen LogP contribution in [-0.2, 0) is 26.5 Å². The van der Waals surface area contributed by atoms with Gasteiger partial charge in [0.2, 0.25) is 5.91 Å². The largest absolute Gasteiger partial charge is 0.324 e. The minimum absolute atomic E-state index is 0.140. The highest BCUT2D eigenvalue weighted by atomic mass is 35.7. The maximum absolute atomic E-state index is 11.5. The molecule has 1 aromatic heterocycles. The van der Waals surface area contributed by atoms with Crippen molar-refractivity contribution in [1.29, 1.82) is 0 Å². The Bertz CT molecular complexity index is 630. The van der Waals surface area contributed by atoms with Crippen molar-refractivity contribution in [1.82, 2.24) is 14.1 Å². The molecule has 0 bridgehead atoms. The first-order valence-electron chi connectivity index (χ1n) is 5.82. The second-order valence-corrected chi connectivity index (χ2v) is 8.10. The van der Waals surface area contributed by atoms with Crippen LogP contribution in [0.2, 0.25) is 0 Å². The molecule has 1 aliphatic rings. The van der Waals surface area contributed by atoms with E-state index < -0.39 is 21.2 Å². The summed E-state index contributed by atoms with van der Waals surface area (Å²) in [6.07, 6.45) is 1.88. The van der Waals surface area contributed by atoms with Crippen molar-refractivity contribution in [3.05, 3.63) is 17.5 Å². The number of hydrogen-bond acceptors (Lipinski definition) is 4. The lowest BCUT2D eigenvalue weighted by molar-refractivity contribution is -0.137. The van der Waals surface area contributed by atoms with Crippen molar-refractivity contribution < 1.29 is 13.2 Å². The molecular formula is C11H16ClN3O3S. The van der Waals surface area contributed by atoms with E-state index in [0.29, 0.717) is 0 Å². The van der Waals surface area contributed by atoms with Gasteiger partial charge in [-0.2, -0.15) is 13.5 Å². The maximum atomic E-state index is 11.5. The summed E-state index contributed by atoms with van der Waals surface area (Å²) in [7, 11) is 3.01. The van der Waals surface area contributed by atoms with E-state index in [-0.39, 0.29) is 11.8 Å². The van der Waals surface area contributed by atoms with Crippen molar-refractivity contribution >= 4 is 25.8 Å². The second-order valence-electron chi connectivity index (χ2n) is 5.71. The molecule has 1 aromatic rings. The van der Waals surface area contributed by atoms with Gasteiger partial charge in [-0.25, -0.2) is 4.31 Å². The van der Waals surface area contributed by atoms with Crippen LogP contribution in [0.4, 0.5) is 0 Å². The van der Waals surface area contributed by atoms with Crippen molar-refractivity contribution in [3.8, 4) is 0 Å². The molecule has 0 aliphatic carbocycles. The molecule has 1 saturated heterocycles. The van der Waals surface area contributed by atoms with Gasteiger partial charge in [-0.3, -0.25) is 9.48 Å². The van der Waals surface area contributed by atoms with E-state index in [4.69, 9.17) is 10.7 Å². The lowest BCUT2D eigenvalue weighted by Crippen LogP contribution is -2.48. The number of rotatable bonds is 2. The Balaban J connectivity index is 2.47. The number of aromatic nitrogens is 2. The van der Waals surface area contributed by atoms with Crippen LogP contribution in [0.3, 0.4) is 0 Å². The minimum atomic E-state index is -4.05. The quantitative estimate of drug-likeness (QED) is 0.613. The van der Waals surface area contributed by atoms with Crippen LogP contribution < -0.4 is 0 Å². The number of amides is 1. The number of halogens is 1. The highest BCUT2D eigenvalue weighted by Crippen LogP contribution is 2.41. The van der Waals surface area contributed by atoms with Crippen LogP contribution >= 0.6 is 10.7 Å². The van der Waals surface area contributed by atoms with Gasteiger partial charge in [-0.1, -0.05) is 20.8 Å². The summed E-state index contributed by atoms with van der Waals surface area (Å²) in [5, 5.41) is 4.37. The molecule has 106 valence electrons. The average Bonchev–Trinajstić information content (AvgIpc) is 2.52. The molecule has 19 heavy (non-hydrogen) atoms. The highest BCUT2D eigenvalue weighted by Gasteiger charge is 2.47. The van der Waals surface area contributed by atoms with E-state index in [1.807, 2.05) is 20.8 Å². The number of hydrogen-bond donors (Lipinski definition) is 0. The first kappa shape index (κ1) is 14.3. The minimum Gasteiger partial charge on any atom is -0.275 e. The molecule has 1 atom stereocenters. The molecular weight excluding hydrogens is 290 g/mol. The second kappa shape index (κ2) is 4.21. The molecule has 8 heteroatoms. The van der Waals surface area contributed by atoms with Crippen LogP contribution in [0.25, 0.3) is 0 Å². The Kier molecular flexibility index (Phi) is 3.17. The molecule has 6 nitrogen and oxygen atoms in total. The number of carbonyl (C=O) groups is 1. The molecule has 0 aromatic carbocycles. The average molecular weight is 306 g/mol. The number of nitrogens with zero attached hydrogens (tertiary/aromatic N) is 3. The summed E-state index contributed by atoms with van der Waals surface area (Å²) < 4.78 is 25.2. The van der Waals surface area contributed by atoms with Gasteiger partial charge < -0.3 is 0 Å². The van der Waals surface area contributed by atoms with Crippen molar-refractivity contribution in [2.75, 3.05) is 0 Å². The molecule has 1 aliphatic heterocycles. The van der Waals surface area contributed by atoms with Gasteiger partial charge in [0, 0.05) is 34.9 Å². The lowest BCUT2D eigenvalue weighted by atomic mass is 9.85. The lowest BCUT2D eigenvalue weighted by Gasteiger charge is -2.37. The molecule has 0 radical (unpaired) electrons. The smallest absolute Gasteiger partial charge is 0.275 e. The van der Waals surface area contributed by atoms with Crippen LogP contribution in [0.5, 0.6) is 0 Å². The van der Waals surface area contributed by atoms with E-state index >= 15 is 0 Å². The normalized spacial score (nSPS) is 20.6. The van der Waals surface area contributed by atoms with Gasteiger partial charge in [-0.15, -0.1) is 0 Å². The molecule has 0 saturated carbocycles. The van der Waals surface area contributed by atoms with Gasteiger partial charge in [-0.05, 0) is 0 Å². The third kappa shape index (κ3) is 2.49. The first-order valence-corrected chi connectivity index (χ1v) is 8.09. The predicted octanol–water partition coefficient (Wildman–Crippen LogP) is 1.47. The Morgan fingerprint density at radius 3 is 2.42 bits per heavy atom. The van der Waals surface area contributed by atoms with Crippen LogP contribution in [0, 0.1) is 0 Å². The Morgan fingerprint density at radius 1 is 1.42 bits per heavy atom. The van der Waals surface area contributed by atoms with E-state index in [1.54, 1.807) is 17.9 Å². The molecule has 0 N–H and O–H groups in total. The SMILES string of the molecule is Cn1cc(C2CC(=O)N2S(=O)(=O)Cl)c(C(C)(C)C)n1. The van der Waals surface area contributed by atoms with E-state index in [1.165, 1.54) is 0 Å². The molecule has 2 rings (SSSR count). The third-order valence-corrected chi connectivity index (χ3v) is 4.43. The van der Waals surface area contributed by atoms with E-state index in [2.05, 4.69) is 5.10 Å². The summed E-state index contributed by atoms with van der Waals surface area (Å²) in [6.45, 7) is 5.95. The molecule has 1 amide bonds. The summed E-state index contributed by atoms with van der Waals surface area (Å²) in [5.74, 6) is -0.483. The number of carbonyl (C=O) groups excluding carboxylic acids is 1. The summed E-state index contributed by atoms with van der Waals surface area (Å²) >= 11 is 0. The standard InChI is InChI=1S/C11H16ClN3O3S/c1-11(2,3)10-7(6-14(4)13-10)8-5-9(16)15(8)19(12,17)18/h6,8H,5H2,1-4H3. The Hall–Kier alpha value is -1.08. The van der Waals surface area contributed by atoms with Gasteiger partial charge >= 0.3 is 9.24 Å².